The molecule has 0 aromatic heterocycles. The predicted molar refractivity (Wildman–Crippen MR) is 119 cm³/mol. The molecule has 0 spiro atoms. The fourth-order valence-electron chi connectivity index (χ4n) is 3.80. The summed E-state index contributed by atoms with van der Waals surface area (Å²) in [5.74, 6) is -0.0341. The number of para-hydroxylation sites is 3. The third-order valence-electron chi connectivity index (χ3n) is 5.29. The van der Waals surface area contributed by atoms with E-state index in [2.05, 4.69) is 23.5 Å². The molecule has 0 unspecified atom stereocenters. The fourth-order valence-corrected chi connectivity index (χ4v) is 3.80. The summed E-state index contributed by atoms with van der Waals surface area (Å²) in [7, 11) is 0. The fraction of sp³-hybridized carbons (Fsp3) is 0.0385. The van der Waals surface area contributed by atoms with Crippen molar-refractivity contribution < 1.29 is 4.79 Å². The molecule has 1 aliphatic heterocycles. The first-order valence-electron chi connectivity index (χ1n) is 9.72. The number of benzene rings is 4. The summed E-state index contributed by atoms with van der Waals surface area (Å²) in [6, 6.07) is 34.0. The lowest BCUT2D eigenvalue weighted by atomic mass is 10.0. The Labute approximate surface area is 170 Å². The molecule has 5 rings (SSSR count). The van der Waals surface area contributed by atoms with E-state index < -0.39 is 0 Å². The van der Waals surface area contributed by atoms with Crippen molar-refractivity contribution in [3.8, 4) is 11.1 Å². The molecule has 0 atom stereocenters. The van der Waals surface area contributed by atoms with Gasteiger partial charge in [0.2, 0.25) is 0 Å². The van der Waals surface area contributed by atoms with Crippen LogP contribution in [0.25, 0.3) is 11.1 Å². The second-order valence-electron chi connectivity index (χ2n) is 7.08. The van der Waals surface area contributed by atoms with E-state index in [-0.39, 0.29) is 5.91 Å². The quantitative estimate of drug-likeness (QED) is 0.448. The van der Waals surface area contributed by atoms with Gasteiger partial charge in [-0.3, -0.25) is 9.69 Å². The molecule has 140 valence electrons. The zero-order valence-corrected chi connectivity index (χ0v) is 15.9. The first-order valence-corrected chi connectivity index (χ1v) is 9.72. The first-order chi connectivity index (χ1) is 14.3. The highest BCUT2D eigenvalue weighted by atomic mass is 16.2. The van der Waals surface area contributed by atoms with Crippen molar-refractivity contribution in [1.82, 2.24) is 0 Å². The van der Waals surface area contributed by atoms with E-state index in [0.717, 1.165) is 33.8 Å². The van der Waals surface area contributed by atoms with Crippen LogP contribution in [0.5, 0.6) is 0 Å². The second kappa shape index (κ2) is 7.28. The first kappa shape index (κ1) is 17.3. The minimum atomic E-state index is -0.0341. The van der Waals surface area contributed by atoms with E-state index in [9.17, 15) is 4.79 Å². The highest BCUT2D eigenvalue weighted by Gasteiger charge is 2.26. The maximum Gasteiger partial charge on any atom is 0.262 e. The van der Waals surface area contributed by atoms with Gasteiger partial charge in [-0.15, -0.1) is 0 Å². The van der Waals surface area contributed by atoms with Gasteiger partial charge in [-0.05, 0) is 47.0 Å². The number of hydrogen-bond donors (Lipinski definition) is 1. The lowest BCUT2D eigenvalue weighted by molar-refractivity contribution is 0.0999. The van der Waals surface area contributed by atoms with Gasteiger partial charge in [0.15, 0.2) is 0 Å². The van der Waals surface area contributed by atoms with Crippen LogP contribution >= 0.6 is 0 Å². The Morgan fingerprint density at radius 2 is 1.28 bits per heavy atom. The number of anilines is 3. The third-order valence-corrected chi connectivity index (χ3v) is 5.29. The van der Waals surface area contributed by atoms with Gasteiger partial charge in [0.05, 0.1) is 17.1 Å². The van der Waals surface area contributed by atoms with E-state index in [0.29, 0.717) is 12.1 Å². The molecule has 4 aromatic carbocycles. The summed E-state index contributed by atoms with van der Waals surface area (Å²) in [5.41, 5.74) is 6.74. The van der Waals surface area contributed by atoms with Crippen molar-refractivity contribution in [2.75, 3.05) is 10.2 Å². The lowest BCUT2D eigenvalue weighted by Gasteiger charge is -2.24. The lowest BCUT2D eigenvalue weighted by Crippen LogP contribution is -2.26. The van der Waals surface area contributed by atoms with Gasteiger partial charge in [-0.2, -0.15) is 0 Å². The monoisotopic (exact) mass is 376 g/mol. The number of amides is 1. The maximum atomic E-state index is 13.6. The Hall–Kier alpha value is -3.85. The molecule has 3 nitrogen and oxygen atoms in total. The van der Waals surface area contributed by atoms with Crippen LogP contribution in [0.4, 0.5) is 17.1 Å². The summed E-state index contributed by atoms with van der Waals surface area (Å²) in [6.45, 7) is 0.684. The SMILES string of the molecule is O=C(c1ccc(-c2ccccc2)cc1)N1c2ccccc2CNc2ccccc21. The number of carbonyl (C=O) groups is 1. The Morgan fingerprint density at radius 3 is 2.07 bits per heavy atom. The van der Waals surface area contributed by atoms with Crippen LogP contribution in [-0.2, 0) is 6.54 Å². The Balaban J connectivity index is 1.57. The molecule has 1 heterocycles. The number of fused-ring (bicyclic) bond motifs is 2. The van der Waals surface area contributed by atoms with E-state index >= 15 is 0 Å². The number of hydrogen-bond acceptors (Lipinski definition) is 2. The van der Waals surface area contributed by atoms with Crippen LogP contribution in [-0.4, -0.2) is 5.91 Å². The normalized spacial score (nSPS) is 12.3. The molecule has 4 aromatic rings. The molecule has 0 saturated carbocycles. The van der Waals surface area contributed by atoms with Crippen molar-refractivity contribution in [1.29, 1.82) is 0 Å². The van der Waals surface area contributed by atoms with Crippen LogP contribution in [0.1, 0.15) is 15.9 Å². The highest BCUT2D eigenvalue weighted by molar-refractivity contribution is 6.13. The van der Waals surface area contributed by atoms with Crippen LogP contribution in [0.3, 0.4) is 0 Å². The minimum Gasteiger partial charge on any atom is -0.379 e. The summed E-state index contributed by atoms with van der Waals surface area (Å²) in [6.07, 6.45) is 0. The van der Waals surface area contributed by atoms with E-state index in [4.69, 9.17) is 0 Å². The zero-order valence-electron chi connectivity index (χ0n) is 15.9. The molecular weight excluding hydrogens is 356 g/mol. The molecule has 1 N–H and O–H groups in total. The Kier molecular flexibility index (Phi) is 4.34. The average molecular weight is 376 g/mol. The van der Waals surface area contributed by atoms with Crippen LogP contribution in [0.15, 0.2) is 103 Å². The predicted octanol–water partition coefficient (Wildman–Crippen LogP) is 6.26. The minimum absolute atomic E-state index is 0.0341. The van der Waals surface area contributed by atoms with E-state index in [1.54, 1.807) is 0 Å². The van der Waals surface area contributed by atoms with Crippen LogP contribution < -0.4 is 10.2 Å². The number of carbonyl (C=O) groups excluding carboxylic acids is 1. The van der Waals surface area contributed by atoms with E-state index in [1.807, 2.05) is 89.8 Å². The van der Waals surface area contributed by atoms with Gasteiger partial charge in [0.1, 0.15) is 0 Å². The summed E-state index contributed by atoms with van der Waals surface area (Å²) < 4.78 is 0. The number of nitrogens with one attached hydrogen (secondary N) is 1. The largest absolute Gasteiger partial charge is 0.379 e. The van der Waals surface area contributed by atoms with Crippen molar-refractivity contribution in [2.45, 2.75) is 6.54 Å². The number of rotatable bonds is 2. The molecule has 1 aliphatic rings. The van der Waals surface area contributed by atoms with Crippen molar-refractivity contribution in [3.05, 3.63) is 114 Å². The van der Waals surface area contributed by atoms with Gasteiger partial charge in [0.25, 0.3) is 5.91 Å². The smallest absolute Gasteiger partial charge is 0.262 e. The van der Waals surface area contributed by atoms with Gasteiger partial charge < -0.3 is 5.32 Å². The zero-order chi connectivity index (χ0) is 19.6. The van der Waals surface area contributed by atoms with Crippen LogP contribution in [0.2, 0.25) is 0 Å². The van der Waals surface area contributed by atoms with Gasteiger partial charge in [0, 0.05) is 12.1 Å². The summed E-state index contributed by atoms with van der Waals surface area (Å²) in [4.78, 5) is 15.4. The third kappa shape index (κ3) is 3.17. The Bertz CT molecular complexity index is 1120. The van der Waals surface area contributed by atoms with Crippen molar-refractivity contribution in [3.63, 3.8) is 0 Å². The second-order valence-corrected chi connectivity index (χ2v) is 7.08. The number of nitrogens with zero attached hydrogens (tertiary/aromatic N) is 1. The maximum absolute atomic E-state index is 13.6. The van der Waals surface area contributed by atoms with E-state index in [1.165, 1.54) is 0 Å². The molecular formula is C26H20N2O. The van der Waals surface area contributed by atoms with Gasteiger partial charge in [-0.25, -0.2) is 0 Å². The van der Waals surface area contributed by atoms with Gasteiger partial charge in [-0.1, -0.05) is 72.8 Å². The molecule has 3 heteroatoms. The molecule has 0 bridgehead atoms. The molecule has 29 heavy (non-hydrogen) atoms. The van der Waals surface area contributed by atoms with Crippen LogP contribution in [0, 0.1) is 0 Å². The summed E-state index contributed by atoms with van der Waals surface area (Å²) >= 11 is 0. The topological polar surface area (TPSA) is 32.3 Å². The molecule has 0 radical (unpaired) electrons. The highest BCUT2D eigenvalue weighted by Crippen LogP contribution is 2.38. The van der Waals surface area contributed by atoms with Crippen molar-refractivity contribution >= 4 is 23.0 Å². The molecule has 1 amide bonds. The molecule has 0 fully saturated rings. The van der Waals surface area contributed by atoms with Crippen molar-refractivity contribution in [2.24, 2.45) is 0 Å². The average Bonchev–Trinajstić information content (AvgIpc) is 2.96. The standard InChI is InChI=1S/C26H20N2O/c29-26(21-16-14-20(15-17-21)19-8-2-1-3-9-19)28-24-12-6-4-10-22(24)18-27-23-11-5-7-13-25(23)28/h1-17,27H,18H2. The molecule has 0 saturated heterocycles. The molecule has 0 aliphatic carbocycles. The Morgan fingerprint density at radius 1 is 0.655 bits per heavy atom. The summed E-state index contributed by atoms with van der Waals surface area (Å²) in [5, 5.41) is 3.45. The van der Waals surface area contributed by atoms with Gasteiger partial charge >= 0.3 is 0 Å².